The Morgan fingerprint density at radius 3 is 2.44 bits per heavy atom. The average molecular weight is 348 g/mol. The molecule has 0 spiro atoms. The number of nitrogens with one attached hydrogen (secondary N) is 1. The number of imide groups is 3. The van der Waals surface area contributed by atoms with E-state index in [0.29, 0.717) is 11.3 Å². The van der Waals surface area contributed by atoms with Crippen LogP contribution >= 0.6 is 0 Å². The van der Waals surface area contributed by atoms with Gasteiger partial charge in [0, 0.05) is 19.4 Å². The second-order valence-corrected chi connectivity index (χ2v) is 5.61. The third-order valence-electron chi connectivity index (χ3n) is 3.69. The summed E-state index contributed by atoms with van der Waals surface area (Å²) in [7, 11) is 0. The maximum absolute atomic E-state index is 11.9. The molecule has 0 aromatic heterocycles. The van der Waals surface area contributed by atoms with Crippen molar-refractivity contribution in [1.82, 2.24) is 10.2 Å². The molecule has 1 aliphatic rings. The molecule has 8 nitrogen and oxygen atoms in total. The summed E-state index contributed by atoms with van der Waals surface area (Å²) in [6.07, 6.45) is -1.75. The van der Waals surface area contributed by atoms with Gasteiger partial charge >= 0.3 is 6.09 Å². The number of carbonyl (C=O) groups is 4. The van der Waals surface area contributed by atoms with Gasteiger partial charge in [-0.25, -0.2) is 9.69 Å². The Morgan fingerprint density at radius 1 is 1.16 bits per heavy atom. The molecule has 2 N–H and O–H groups in total. The molecule has 1 unspecified atom stereocenters. The van der Waals surface area contributed by atoms with Crippen LogP contribution in [0.1, 0.15) is 31.2 Å². The van der Waals surface area contributed by atoms with Crippen molar-refractivity contribution in [3.63, 3.8) is 0 Å². The lowest BCUT2D eigenvalue weighted by atomic mass is 10.1. The molecular weight excluding hydrogens is 328 g/mol. The molecule has 1 saturated heterocycles. The van der Waals surface area contributed by atoms with Crippen LogP contribution in [0.5, 0.6) is 0 Å². The summed E-state index contributed by atoms with van der Waals surface area (Å²) in [5, 5.41) is 12.3. The van der Waals surface area contributed by atoms with Crippen molar-refractivity contribution in [2.75, 3.05) is 6.54 Å². The van der Waals surface area contributed by atoms with E-state index in [4.69, 9.17) is 4.74 Å². The molecule has 2 rings (SSSR count). The number of aliphatic hydroxyl groups is 1. The van der Waals surface area contributed by atoms with E-state index in [1.54, 1.807) is 0 Å². The number of benzene rings is 1. The van der Waals surface area contributed by atoms with E-state index in [1.165, 1.54) is 0 Å². The average Bonchev–Trinajstić information content (AvgIpc) is 2.95. The third kappa shape index (κ3) is 5.39. The lowest BCUT2D eigenvalue weighted by Gasteiger charge is -2.16. The van der Waals surface area contributed by atoms with E-state index in [-0.39, 0.29) is 32.4 Å². The summed E-state index contributed by atoms with van der Waals surface area (Å²) in [6.45, 7) is 0.340. The van der Waals surface area contributed by atoms with Crippen LogP contribution in [0.15, 0.2) is 30.3 Å². The van der Waals surface area contributed by atoms with Gasteiger partial charge in [0.1, 0.15) is 12.7 Å². The van der Waals surface area contributed by atoms with Crippen molar-refractivity contribution in [2.24, 2.45) is 0 Å². The van der Waals surface area contributed by atoms with Gasteiger partial charge in [-0.2, -0.15) is 0 Å². The van der Waals surface area contributed by atoms with Gasteiger partial charge in [-0.3, -0.25) is 14.4 Å². The van der Waals surface area contributed by atoms with Gasteiger partial charge in [0.15, 0.2) is 0 Å². The second kappa shape index (κ2) is 8.93. The molecule has 25 heavy (non-hydrogen) atoms. The second-order valence-electron chi connectivity index (χ2n) is 5.61. The van der Waals surface area contributed by atoms with Crippen LogP contribution in [0.4, 0.5) is 4.79 Å². The predicted octanol–water partition coefficient (Wildman–Crippen LogP) is 0.729. The maximum Gasteiger partial charge on any atom is 0.407 e. The van der Waals surface area contributed by atoms with Gasteiger partial charge in [-0.1, -0.05) is 30.3 Å². The van der Waals surface area contributed by atoms with E-state index in [2.05, 4.69) is 5.32 Å². The summed E-state index contributed by atoms with van der Waals surface area (Å²) < 4.78 is 5.01. The smallest absolute Gasteiger partial charge is 0.407 e. The highest BCUT2D eigenvalue weighted by Crippen LogP contribution is 2.14. The molecule has 1 atom stereocenters. The molecule has 134 valence electrons. The van der Waals surface area contributed by atoms with Crippen LogP contribution in [0.3, 0.4) is 0 Å². The summed E-state index contributed by atoms with van der Waals surface area (Å²) in [5.74, 6) is -2.08. The Labute approximate surface area is 144 Å². The van der Waals surface area contributed by atoms with E-state index in [0.717, 1.165) is 5.56 Å². The Kier molecular flexibility index (Phi) is 6.64. The standard InChI is InChI=1S/C17H20N2O6/c20-13(16(23)19-14(21)8-9-15(19)22)7-4-10-18-17(24)25-11-12-5-2-1-3-6-12/h1-3,5-6,13,20H,4,7-11H2,(H,18,24). The summed E-state index contributed by atoms with van der Waals surface area (Å²) in [5.41, 5.74) is 0.860. The van der Waals surface area contributed by atoms with Gasteiger partial charge in [-0.05, 0) is 18.4 Å². The number of nitrogens with zero attached hydrogens (tertiary/aromatic N) is 1. The Balaban J connectivity index is 1.63. The molecular formula is C17H20N2O6. The molecule has 0 saturated carbocycles. The van der Waals surface area contributed by atoms with Crippen molar-refractivity contribution in [1.29, 1.82) is 0 Å². The van der Waals surface area contributed by atoms with Crippen molar-refractivity contribution in [3.8, 4) is 0 Å². The lowest BCUT2D eigenvalue weighted by molar-refractivity contribution is -0.154. The molecule has 1 fully saturated rings. The highest BCUT2D eigenvalue weighted by Gasteiger charge is 2.37. The highest BCUT2D eigenvalue weighted by molar-refractivity contribution is 6.15. The zero-order valence-electron chi connectivity index (χ0n) is 13.6. The van der Waals surface area contributed by atoms with E-state index in [9.17, 15) is 24.3 Å². The van der Waals surface area contributed by atoms with E-state index in [1.807, 2.05) is 30.3 Å². The van der Waals surface area contributed by atoms with Gasteiger partial charge in [0.2, 0.25) is 11.8 Å². The summed E-state index contributed by atoms with van der Waals surface area (Å²) in [6, 6.07) is 9.20. The minimum absolute atomic E-state index is 0.00783. The first-order valence-electron chi connectivity index (χ1n) is 8.01. The quantitative estimate of drug-likeness (QED) is 0.555. The minimum Gasteiger partial charge on any atom is -0.445 e. The van der Waals surface area contributed by atoms with Crippen molar-refractivity contribution in [2.45, 2.75) is 38.4 Å². The number of amides is 4. The number of carbonyl (C=O) groups excluding carboxylic acids is 4. The molecule has 0 bridgehead atoms. The van der Waals surface area contributed by atoms with Crippen LogP contribution in [0.25, 0.3) is 0 Å². The summed E-state index contributed by atoms with van der Waals surface area (Å²) >= 11 is 0. The van der Waals surface area contributed by atoms with Crippen molar-refractivity contribution in [3.05, 3.63) is 35.9 Å². The molecule has 4 amide bonds. The largest absolute Gasteiger partial charge is 0.445 e. The van der Waals surface area contributed by atoms with Crippen LogP contribution in [0, 0.1) is 0 Å². The molecule has 8 heteroatoms. The van der Waals surface area contributed by atoms with Gasteiger partial charge in [0.05, 0.1) is 0 Å². The van der Waals surface area contributed by atoms with Crippen LogP contribution in [-0.4, -0.2) is 46.5 Å². The van der Waals surface area contributed by atoms with Crippen LogP contribution < -0.4 is 5.32 Å². The molecule has 1 aromatic carbocycles. The Bertz CT molecular complexity index is 630. The Morgan fingerprint density at radius 2 is 1.80 bits per heavy atom. The lowest BCUT2D eigenvalue weighted by Crippen LogP contribution is -2.42. The van der Waals surface area contributed by atoms with Gasteiger partial charge < -0.3 is 15.2 Å². The molecule has 1 aliphatic heterocycles. The number of hydrogen-bond acceptors (Lipinski definition) is 6. The molecule has 1 heterocycles. The normalized spacial score (nSPS) is 15.2. The van der Waals surface area contributed by atoms with Crippen LogP contribution in [-0.2, 0) is 25.7 Å². The fourth-order valence-corrected chi connectivity index (χ4v) is 2.35. The number of likely N-dealkylation sites (tertiary alicyclic amines) is 1. The number of ether oxygens (including phenoxy) is 1. The number of alkyl carbamates (subject to hydrolysis) is 1. The molecule has 1 aromatic rings. The maximum atomic E-state index is 11.9. The van der Waals surface area contributed by atoms with Gasteiger partial charge in [0.25, 0.3) is 5.91 Å². The fourth-order valence-electron chi connectivity index (χ4n) is 2.35. The first-order chi connectivity index (χ1) is 12.0. The summed E-state index contributed by atoms with van der Waals surface area (Å²) in [4.78, 5) is 46.8. The Hall–Kier alpha value is -2.74. The first-order valence-corrected chi connectivity index (χ1v) is 8.01. The topological polar surface area (TPSA) is 113 Å². The zero-order chi connectivity index (χ0) is 18.2. The van der Waals surface area contributed by atoms with E-state index < -0.39 is 29.9 Å². The predicted molar refractivity (Wildman–Crippen MR) is 86.0 cm³/mol. The number of rotatable bonds is 7. The van der Waals surface area contributed by atoms with Crippen LogP contribution in [0.2, 0.25) is 0 Å². The first kappa shape index (κ1) is 18.6. The molecule has 0 aliphatic carbocycles. The van der Waals surface area contributed by atoms with Gasteiger partial charge in [-0.15, -0.1) is 0 Å². The van der Waals surface area contributed by atoms with Crippen molar-refractivity contribution >= 4 is 23.8 Å². The molecule has 0 radical (unpaired) electrons. The monoisotopic (exact) mass is 348 g/mol. The minimum atomic E-state index is -1.45. The SMILES string of the molecule is O=C(NCCCC(O)C(=O)N1C(=O)CCC1=O)OCc1ccccc1. The third-order valence-corrected chi connectivity index (χ3v) is 3.69. The highest BCUT2D eigenvalue weighted by atomic mass is 16.5. The zero-order valence-corrected chi connectivity index (χ0v) is 13.6. The van der Waals surface area contributed by atoms with E-state index >= 15 is 0 Å². The number of hydrogen-bond donors (Lipinski definition) is 2. The number of aliphatic hydroxyl groups excluding tert-OH is 1. The fraction of sp³-hybridized carbons (Fsp3) is 0.412. The van der Waals surface area contributed by atoms with Crippen molar-refractivity contribution < 1.29 is 29.0 Å².